The monoisotopic (exact) mass is 388 g/mol. The minimum absolute atomic E-state index is 0.0591. The van der Waals surface area contributed by atoms with Crippen LogP contribution in [0.5, 0.6) is 17.4 Å². The van der Waals surface area contributed by atoms with Gasteiger partial charge in [-0.15, -0.1) is 0 Å². The number of imidazole rings is 1. The topological polar surface area (TPSA) is 98.8 Å². The van der Waals surface area contributed by atoms with Crippen LogP contribution in [0.25, 0.3) is 5.78 Å². The van der Waals surface area contributed by atoms with Crippen LogP contribution >= 0.6 is 11.6 Å². The Bertz CT molecular complexity index is 976. The Hall–Kier alpha value is -3.08. The van der Waals surface area contributed by atoms with E-state index in [1.807, 2.05) is 0 Å². The van der Waals surface area contributed by atoms with E-state index in [2.05, 4.69) is 19.7 Å². The molecule has 0 aliphatic heterocycles. The standard InChI is InChI=1S/C14H8ClF3N4O4/c15-7-1-10(25-6-14(16,17)18)11(19-2-7)26-8-3-20-13-21-9(12(23)24)5-22(13)4-8/h1-5H,6H2,(H,23,24). The van der Waals surface area contributed by atoms with Crippen molar-refractivity contribution in [3.05, 3.63) is 41.6 Å². The summed E-state index contributed by atoms with van der Waals surface area (Å²) < 4.78 is 48.4. The predicted molar refractivity (Wildman–Crippen MR) is 80.8 cm³/mol. The van der Waals surface area contributed by atoms with Gasteiger partial charge in [0.15, 0.2) is 23.8 Å². The van der Waals surface area contributed by atoms with Gasteiger partial charge in [0.05, 0.1) is 17.4 Å². The summed E-state index contributed by atoms with van der Waals surface area (Å²) in [6.07, 6.45) is 0.365. The molecule has 0 aliphatic carbocycles. The smallest absolute Gasteiger partial charge is 0.422 e. The Kier molecular flexibility index (Phi) is 4.55. The van der Waals surface area contributed by atoms with Crippen LogP contribution in [0, 0.1) is 0 Å². The molecule has 12 heteroatoms. The number of alkyl halides is 3. The number of carboxylic acids is 1. The average Bonchev–Trinajstić information content (AvgIpc) is 2.98. The molecule has 0 aromatic carbocycles. The van der Waals surface area contributed by atoms with E-state index in [-0.39, 0.29) is 33.9 Å². The number of ether oxygens (including phenoxy) is 2. The third kappa shape index (κ3) is 4.11. The first-order valence-electron chi connectivity index (χ1n) is 6.82. The Morgan fingerprint density at radius 2 is 2.04 bits per heavy atom. The number of hydrogen-bond acceptors (Lipinski definition) is 6. The molecule has 0 amide bonds. The number of rotatable bonds is 5. The summed E-state index contributed by atoms with van der Waals surface area (Å²) in [7, 11) is 0. The van der Waals surface area contributed by atoms with Gasteiger partial charge in [-0.1, -0.05) is 11.6 Å². The predicted octanol–water partition coefficient (Wildman–Crippen LogP) is 3.21. The van der Waals surface area contributed by atoms with Gasteiger partial charge < -0.3 is 14.6 Å². The highest BCUT2D eigenvalue weighted by Crippen LogP contribution is 2.32. The van der Waals surface area contributed by atoms with E-state index in [0.29, 0.717) is 0 Å². The normalized spacial score (nSPS) is 11.5. The highest BCUT2D eigenvalue weighted by molar-refractivity contribution is 6.30. The molecule has 26 heavy (non-hydrogen) atoms. The van der Waals surface area contributed by atoms with E-state index in [4.69, 9.17) is 21.4 Å². The number of pyridine rings is 1. The maximum Gasteiger partial charge on any atom is 0.422 e. The zero-order valence-corrected chi connectivity index (χ0v) is 13.3. The summed E-state index contributed by atoms with van der Waals surface area (Å²) in [5.41, 5.74) is -0.228. The van der Waals surface area contributed by atoms with Crippen molar-refractivity contribution in [2.45, 2.75) is 6.18 Å². The van der Waals surface area contributed by atoms with Gasteiger partial charge in [-0.2, -0.15) is 13.2 Å². The van der Waals surface area contributed by atoms with Crippen LogP contribution in [-0.4, -0.2) is 43.2 Å². The van der Waals surface area contributed by atoms with Crippen LogP contribution in [0.1, 0.15) is 10.5 Å². The lowest BCUT2D eigenvalue weighted by Crippen LogP contribution is -2.19. The van der Waals surface area contributed by atoms with Crippen molar-refractivity contribution in [2.24, 2.45) is 0 Å². The van der Waals surface area contributed by atoms with E-state index >= 15 is 0 Å². The molecule has 0 aliphatic rings. The highest BCUT2D eigenvalue weighted by atomic mass is 35.5. The van der Waals surface area contributed by atoms with Crippen molar-refractivity contribution in [3.63, 3.8) is 0 Å². The van der Waals surface area contributed by atoms with Gasteiger partial charge in [-0.05, 0) is 0 Å². The van der Waals surface area contributed by atoms with Crippen LogP contribution in [0.2, 0.25) is 5.02 Å². The summed E-state index contributed by atoms with van der Waals surface area (Å²) >= 11 is 5.72. The van der Waals surface area contributed by atoms with E-state index in [1.54, 1.807) is 0 Å². The molecule has 3 aromatic rings. The zero-order valence-electron chi connectivity index (χ0n) is 12.6. The van der Waals surface area contributed by atoms with Gasteiger partial charge in [0.1, 0.15) is 0 Å². The minimum atomic E-state index is -4.55. The van der Waals surface area contributed by atoms with Crippen molar-refractivity contribution in [1.82, 2.24) is 19.4 Å². The quantitative estimate of drug-likeness (QED) is 0.716. The lowest BCUT2D eigenvalue weighted by molar-refractivity contribution is -0.153. The first kappa shape index (κ1) is 17.7. The molecule has 0 saturated carbocycles. The molecule has 0 fully saturated rings. The van der Waals surface area contributed by atoms with Gasteiger partial charge in [-0.3, -0.25) is 4.40 Å². The van der Waals surface area contributed by atoms with Crippen LogP contribution in [0.15, 0.2) is 30.9 Å². The molecule has 0 unspecified atom stereocenters. The summed E-state index contributed by atoms with van der Waals surface area (Å²) in [5.74, 6) is -1.64. The van der Waals surface area contributed by atoms with E-state index in [0.717, 1.165) is 6.07 Å². The van der Waals surface area contributed by atoms with Crippen molar-refractivity contribution in [2.75, 3.05) is 6.61 Å². The maximum atomic E-state index is 12.4. The first-order valence-corrected chi connectivity index (χ1v) is 7.20. The van der Waals surface area contributed by atoms with Gasteiger partial charge in [0.2, 0.25) is 5.78 Å². The lowest BCUT2D eigenvalue weighted by atomic mass is 10.4. The molecule has 1 N–H and O–H groups in total. The number of aromatic carboxylic acids is 1. The number of fused-ring (bicyclic) bond motifs is 1. The number of halogens is 4. The van der Waals surface area contributed by atoms with Gasteiger partial charge in [0, 0.05) is 18.5 Å². The van der Waals surface area contributed by atoms with Crippen molar-refractivity contribution >= 4 is 23.3 Å². The Morgan fingerprint density at radius 3 is 2.73 bits per heavy atom. The van der Waals surface area contributed by atoms with E-state index < -0.39 is 18.8 Å². The zero-order chi connectivity index (χ0) is 18.9. The van der Waals surface area contributed by atoms with Gasteiger partial charge >= 0.3 is 12.1 Å². The molecular formula is C14H8ClF3N4O4. The molecule has 136 valence electrons. The fourth-order valence-electron chi connectivity index (χ4n) is 1.88. The Labute approximate surface area is 147 Å². The Balaban J connectivity index is 1.88. The molecule has 0 atom stereocenters. The number of carbonyl (C=O) groups is 1. The van der Waals surface area contributed by atoms with Crippen molar-refractivity contribution in [1.29, 1.82) is 0 Å². The molecule has 3 heterocycles. The number of hydrogen-bond donors (Lipinski definition) is 1. The van der Waals surface area contributed by atoms with Crippen LogP contribution in [-0.2, 0) is 0 Å². The van der Waals surface area contributed by atoms with E-state index in [9.17, 15) is 18.0 Å². The second-order valence-corrected chi connectivity index (χ2v) is 5.33. The molecule has 0 radical (unpaired) electrons. The summed E-state index contributed by atoms with van der Waals surface area (Å²) in [6.45, 7) is -1.55. The molecule has 3 aromatic heterocycles. The molecule has 8 nitrogen and oxygen atoms in total. The molecule has 0 spiro atoms. The average molecular weight is 389 g/mol. The van der Waals surface area contributed by atoms with Crippen LogP contribution in [0.3, 0.4) is 0 Å². The lowest BCUT2D eigenvalue weighted by Gasteiger charge is -2.13. The second kappa shape index (κ2) is 6.67. The first-order chi connectivity index (χ1) is 12.2. The number of nitrogens with zero attached hydrogens (tertiary/aromatic N) is 4. The summed E-state index contributed by atoms with van der Waals surface area (Å²) in [6, 6.07) is 1.13. The SMILES string of the molecule is O=C(O)c1cn2cc(Oc3ncc(Cl)cc3OCC(F)(F)F)cnc2n1. The third-order valence-electron chi connectivity index (χ3n) is 2.90. The third-order valence-corrected chi connectivity index (χ3v) is 3.10. The molecule has 0 bridgehead atoms. The largest absolute Gasteiger partial charge is 0.478 e. The molecule has 3 rings (SSSR count). The van der Waals surface area contributed by atoms with Crippen LogP contribution < -0.4 is 9.47 Å². The fraction of sp³-hybridized carbons (Fsp3) is 0.143. The maximum absolute atomic E-state index is 12.4. The van der Waals surface area contributed by atoms with Gasteiger partial charge in [-0.25, -0.2) is 19.7 Å². The van der Waals surface area contributed by atoms with E-state index in [1.165, 1.54) is 29.2 Å². The van der Waals surface area contributed by atoms with Gasteiger partial charge in [0.25, 0.3) is 5.88 Å². The fourth-order valence-corrected chi connectivity index (χ4v) is 2.03. The van der Waals surface area contributed by atoms with Crippen molar-refractivity contribution < 1.29 is 32.5 Å². The van der Waals surface area contributed by atoms with Crippen LogP contribution in [0.4, 0.5) is 13.2 Å². The second-order valence-electron chi connectivity index (χ2n) is 4.89. The number of carboxylic acid groups (broad SMARTS) is 1. The number of aromatic nitrogens is 4. The molecule has 0 saturated heterocycles. The minimum Gasteiger partial charge on any atom is -0.478 e. The summed E-state index contributed by atoms with van der Waals surface area (Å²) in [4.78, 5) is 22.4. The molecular weight excluding hydrogens is 381 g/mol. The van der Waals surface area contributed by atoms with Crippen molar-refractivity contribution in [3.8, 4) is 17.4 Å². The Morgan fingerprint density at radius 1 is 1.27 bits per heavy atom. The summed E-state index contributed by atoms with van der Waals surface area (Å²) in [5, 5.41) is 8.97. The highest BCUT2D eigenvalue weighted by Gasteiger charge is 2.29.